The summed E-state index contributed by atoms with van der Waals surface area (Å²) in [4.78, 5) is 7.25. The summed E-state index contributed by atoms with van der Waals surface area (Å²) < 4.78 is 0. The van der Waals surface area contributed by atoms with Crippen molar-refractivity contribution in [2.24, 2.45) is 4.99 Å². The third-order valence-corrected chi connectivity index (χ3v) is 7.09. The van der Waals surface area contributed by atoms with Crippen molar-refractivity contribution >= 4 is 17.0 Å². The number of aromatic amines is 1. The fourth-order valence-corrected chi connectivity index (χ4v) is 5.32. The van der Waals surface area contributed by atoms with Crippen LogP contribution in [0, 0.1) is 0 Å². The Morgan fingerprint density at radius 3 is 2.72 bits per heavy atom. The molecule has 1 fully saturated rings. The van der Waals surface area contributed by atoms with Crippen LogP contribution in [0.4, 0.5) is 0 Å². The van der Waals surface area contributed by atoms with Gasteiger partial charge in [-0.1, -0.05) is 62.6 Å². The highest BCUT2D eigenvalue weighted by Crippen LogP contribution is 2.42. The topological polar surface area (TPSA) is 90.3 Å². The average molecular weight is 433 g/mol. The van der Waals surface area contributed by atoms with Crippen molar-refractivity contribution in [1.29, 1.82) is 0 Å². The number of benzene rings is 1. The van der Waals surface area contributed by atoms with E-state index in [1.165, 1.54) is 5.56 Å². The van der Waals surface area contributed by atoms with Gasteiger partial charge >= 0.3 is 0 Å². The molecule has 1 saturated carbocycles. The summed E-state index contributed by atoms with van der Waals surface area (Å²) in [5, 5.41) is 25.9. The quantitative estimate of drug-likeness (QED) is 0.672. The summed E-state index contributed by atoms with van der Waals surface area (Å²) in [6, 6.07) is 8.67. The lowest BCUT2D eigenvalue weighted by Gasteiger charge is -2.31. The van der Waals surface area contributed by atoms with E-state index in [0.717, 1.165) is 80.3 Å². The van der Waals surface area contributed by atoms with Crippen LogP contribution in [0.5, 0.6) is 0 Å². The van der Waals surface area contributed by atoms with Gasteiger partial charge in [0, 0.05) is 18.5 Å². The first-order chi connectivity index (χ1) is 15.7. The van der Waals surface area contributed by atoms with Gasteiger partial charge in [-0.15, -0.1) is 10.2 Å². The molecule has 1 atom stereocenters. The molecule has 1 spiro atoms. The van der Waals surface area contributed by atoms with Crippen LogP contribution in [0.3, 0.4) is 0 Å². The van der Waals surface area contributed by atoms with Gasteiger partial charge in [0.1, 0.15) is 11.4 Å². The number of aliphatic hydroxyl groups is 1. The molecule has 7 heteroatoms. The number of amidine groups is 1. The van der Waals surface area contributed by atoms with E-state index in [-0.39, 0.29) is 5.54 Å². The Kier molecular flexibility index (Phi) is 5.91. The van der Waals surface area contributed by atoms with Crippen molar-refractivity contribution in [3.05, 3.63) is 53.4 Å². The highest BCUT2D eigenvalue weighted by Gasteiger charge is 2.48. The van der Waals surface area contributed by atoms with Crippen LogP contribution in [-0.4, -0.2) is 48.2 Å². The minimum absolute atomic E-state index is 0.278. The Morgan fingerprint density at radius 2 is 2.00 bits per heavy atom. The van der Waals surface area contributed by atoms with Crippen molar-refractivity contribution in [1.82, 2.24) is 25.5 Å². The maximum atomic E-state index is 11.2. The third-order valence-electron chi connectivity index (χ3n) is 7.09. The first-order valence-electron chi connectivity index (χ1n) is 12.0. The molecule has 0 amide bonds. The lowest BCUT2D eigenvalue weighted by atomic mass is 9.91. The molecule has 0 bridgehead atoms. The van der Waals surface area contributed by atoms with Crippen LogP contribution in [0.2, 0.25) is 0 Å². The van der Waals surface area contributed by atoms with Gasteiger partial charge in [-0.05, 0) is 54.0 Å². The maximum Gasteiger partial charge on any atom is 0.201 e. The number of nitrogens with zero attached hydrogens (tertiary/aromatic N) is 5. The zero-order valence-electron chi connectivity index (χ0n) is 18.8. The van der Waals surface area contributed by atoms with E-state index < -0.39 is 6.23 Å². The van der Waals surface area contributed by atoms with Crippen molar-refractivity contribution in [2.45, 2.75) is 83.0 Å². The van der Waals surface area contributed by atoms with Gasteiger partial charge in [0.2, 0.25) is 5.82 Å². The van der Waals surface area contributed by atoms with Crippen LogP contribution >= 0.6 is 0 Å². The summed E-state index contributed by atoms with van der Waals surface area (Å²) >= 11 is 0. The molecule has 168 valence electrons. The molecule has 5 rings (SSSR count). The van der Waals surface area contributed by atoms with Crippen LogP contribution in [0.1, 0.15) is 81.7 Å². The number of aliphatic imine (C=N–C) groups is 1. The summed E-state index contributed by atoms with van der Waals surface area (Å²) in [5.41, 5.74) is 4.34. The first kappa shape index (κ1) is 21.1. The predicted octanol–water partition coefficient (Wildman–Crippen LogP) is 4.50. The number of nitrogens with one attached hydrogen (secondary N) is 1. The smallest absolute Gasteiger partial charge is 0.201 e. The SMILES string of the molecule is CCCCC1=NC2(CCCC2)C(O)N1Cc1ccc(C2=C(c3nn[nH]n3)CCC=C2)cc1. The number of allylic oxidation sites excluding steroid dienone is 4. The zero-order chi connectivity index (χ0) is 22.0. The molecular weight excluding hydrogens is 400 g/mol. The lowest BCUT2D eigenvalue weighted by molar-refractivity contribution is 0.00295. The molecule has 3 aliphatic rings. The Bertz CT molecular complexity index is 1020. The summed E-state index contributed by atoms with van der Waals surface area (Å²) in [7, 11) is 0. The third kappa shape index (κ3) is 3.90. The molecule has 1 aliphatic heterocycles. The molecule has 7 nitrogen and oxygen atoms in total. The van der Waals surface area contributed by atoms with Gasteiger partial charge in [0.25, 0.3) is 0 Å². The number of aliphatic hydroxyl groups excluding tert-OH is 1. The molecule has 2 N–H and O–H groups in total. The van der Waals surface area contributed by atoms with E-state index >= 15 is 0 Å². The highest BCUT2D eigenvalue weighted by molar-refractivity contribution is 5.95. The molecule has 1 unspecified atom stereocenters. The van der Waals surface area contributed by atoms with Gasteiger partial charge < -0.3 is 10.0 Å². The summed E-state index contributed by atoms with van der Waals surface area (Å²) in [6.07, 6.45) is 13.3. The first-order valence-corrected chi connectivity index (χ1v) is 12.0. The minimum Gasteiger partial charge on any atom is -0.371 e. The van der Waals surface area contributed by atoms with Crippen LogP contribution < -0.4 is 0 Å². The fourth-order valence-electron chi connectivity index (χ4n) is 5.32. The Morgan fingerprint density at radius 1 is 1.19 bits per heavy atom. The second kappa shape index (κ2) is 8.98. The highest BCUT2D eigenvalue weighted by atomic mass is 16.3. The molecule has 0 radical (unpaired) electrons. The van der Waals surface area contributed by atoms with Crippen molar-refractivity contribution in [3.8, 4) is 0 Å². The molecule has 32 heavy (non-hydrogen) atoms. The van der Waals surface area contributed by atoms with Crippen molar-refractivity contribution in [2.75, 3.05) is 0 Å². The number of unbranched alkanes of at least 4 members (excludes halogenated alkanes) is 1. The second-order valence-corrected chi connectivity index (χ2v) is 9.21. The zero-order valence-corrected chi connectivity index (χ0v) is 18.8. The molecule has 2 heterocycles. The Labute approximate surface area is 189 Å². The van der Waals surface area contributed by atoms with Gasteiger partial charge in [-0.3, -0.25) is 4.99 Å². The molecule has 1 aromatic heterocycles. The molecule has 0 saturated heterocycles. The lowest BCUT2D eigenvalue weighted by Crippen LogP contribution is -2.45. The monoisotopic (exact) mass is 432 g/mol. The molecule has 2 aliphatic carbocycles. The molecule has 1 aromatic carbocycles. The maximum absolute atomic E-state index is 11.2. The van der Waals surface area contributed by atoms with Crippen LogP contribution in [0.25, 0.3) is 11.1 Å². The summed E-state index contributed by atoms with van der Waals surface area (Å²) in [5.74, 6) is 1.76. The number of tetrazole rings is 1. The van der Waals surface area contributed by atoms with E-state index in [0.29, 0.717) is 12.4 Å². The van der Waals surface area contributed by atoms with Gasteiger partial charge in [0.05, 0.1) is 0 Å². The standard InChI is InChI=1S/C25H32N6O/c1-2-3-10-22-26-25(15-6-7-16-25)24(32)31(22)17-18-11-13-19(14-12-18)20-8-4-5-9-21(20)23-27-29-30-28-23/h4,8,11-14,24,32H,2-3,5-7,9-10,15-17H2,1H3,(H,27,28,29,30). The Balaban J connectivity index is 1.37. The van der Waals surface area contributed by atoms with Crippen molar-refractivity contribution in [3.63, 3.8) is 0 Å². The minimum atomic E-state index is -0.509. The van der Waals surface area contributed by atoms with Gasteiger partial charge in [-0.2, -0.15) is 5.21 Å². The normalized spacial score (nSPS) is 22.2. The van der Waals surface area contributed by atoms with E-state index in [1.54, 1.807) is 0 Å². The summed E-state index contributed by atoms with van der Waals surface area (Å²) in [6.45, 7) is 2.90. The van der Waals surface area contributed by atoms with Crippen LogP contribution in [-0.2, 0) is 6.54 Å². The number of hydrogen-bond acceptors (Lipinski definition) is 6. The number of hydrogen-bond donors (Lipinski definition) is 2. The van der Waals surface area contributed by atoms with Crippen LogP contribution in [0.15, 0.2) is 41.4 Å². The van der Waals surface area contributed by atoms with E-state index in [9.17, 15) is 5.11 Å². The number of H-pyrrole nitrogens is 1. The van der Waals surface area contributed by atoms with E-state index in [4.69, 9.17) is 4.99 Å². The molecular formula is C25H32N6O. The predicted molar refractivity (Wildman–Crippen MR) is 126 cm³/mol. The number of aromatic nitrogens is 4. The number of rotatable bonds is 7. The fraction of sp³-hybridized carbons (Fsp3) is 0.520. The average Bonchev–Trinajstić information content (AvgIpc) is 3.58. The molecule has 2 aromatic rings. The second-order valence-electron chi connectivity index (χ2n) is 9.21. The van der Waals surface area contributed by atoms with E-state index in [2.05, 4.69) is 68.9 Å². The van der Waals surface area contributed by atoms with E-state index in [1.807, 2.05) is 0 Å². The van der Waals surface area contributed by atoms with Crippen molar-refractivity contribution < 1.29 is 5.11 Å². The van der Waals surface area contributed by atoms with Gasteiger partial charge in [-0.25, -0.2) is 0 Å². The van der Waals surface area contributed by atoms with Gasteiger partial charge in [0.15, 0.2) is 6.23 Å². The largest absolute Gasteiger partial charge is 0.371 e. The Hall–Kier alpha value is -2.80.